The normalized spacial score (nSPS) is 31.8. The van der Waals surface area contributed by atoms with Gasteiger partial charge in [-0.1, -0.05) is 0 Å². The molecule has 2 unspecified atom stereocenters. The number of carbonyl (C=O) groups excluding carboxylic acids is 1. The van der Waals surface area contributed by atoms with E-state index in [9.17, 15) is 4.79 Å². The molecule has 22 heavy (non-hydrogen) atoms. The second-order valence-electron chi connectivity index (χ2n) is 5.80. The van der Waals surface area contributed by atoms with E-state index in [1.165, 1.54) is 0 Å². The molecule has 0 saturated carbocycles. The standard InChI is InChI=1S/C15H22N2O3S.ClH/c1-10-7-17(8-14(19-10)11-4-5-21-9-11)15(18)13-3-2-12(6-16)20-13;/h4-5,9-10,12-14H,2-3,6-8,16H2,1H3;1H/t10?,12-,13+,14?;/m1./s1. The van der Waals surface area contributed by atoms with Crippen molar-refractivity contribution in [2.75, 3.05) is 19.6 Å². The molecule has 1 aromatic heterocycles. The first-order chi connectivity index (χ1) is 10.2. The van der Waals surface area contributed by atoms with Gasteiger partial charge < -0.3 is 20.1 Å². The van der Waals surface area contributed by atoms with E-state index in [0.29, 0.717) is 19.6 Å². The minimum absolute atomic E-state index is 0. The SMILES string of the molecule is CC1CN(C(=O)[C@@H]2CC[C@H](CN)O2)CC(c2ccsc2)O1.Cl. The zero-order valence-corrected chi connectivity index (χ0v) is 14.3. The zero-order chi connectivity index (χ0) is 14.8. The van der Waals surface area contributed by atoms with Gasteiger partial charge in [0.25, 0.3) is 5.91 Å². The topological polar surface area (TPSA) is 64.8 Å². The van der Waals surface area contributed by atoms with Crippen LogP contribution in [0.3, 0.4) is 0 Å². The molecule has 7 heteroatoms. The summed E-state index contributed by atoms with van der Waals surface area (Å²) in [6.07, 6.45) is 1.36. The van der Waals surface area contributed by atoms with E-state index in [4.69, 9.17) is 15.2 Å². The molecule has 0 radical (unpaired) electrons. The summed E-state index contributed by atoms with van der Waals surface area (Å²) in [7, 11) is 0. The number of nitrogens with two attached hydrogens (primary N) is 1. The Morgan fingerprint density at radius 1 is 1.41 bits per heavy atom. The zero-order valence-electron chi connectivity index (χ0n) is 12.6. The highest BCUT2D eigenvalue weighted by atomic mass is 35.5. The summed E-state index contributed by atoms with van der Waals surface area (Å²) in [5.74, 6) is 0.0846. The molecule has 4 atom stereocenters. The molecule has 5 nitrogen and oxygen atoms in total. The van der Waals surface area contributed by atoms with Crippen LogP contribution in [0.2, 0.25) is 0 Å². The Hall–Kier alpha value is -0.660. The van der Waals surface area contributed by atoms with Crippen LogP contribution in [0, 0.1) is 0 Å². The van der Waals surface area contributed by atoms with Gasteiger partial charge in [-0.05, 0) is 42.2 Å². The van der Waals surface area contributed by atoms with E-state index < -0.39 is 0 Å². The highest BCUT2D eigenvalue weighted by Gasteiger charge is 2.36. The lowest BCUT2D eigenvalue weighted by Crippen LogP contribution is -2.49. The Balaban J connectivity index is 0.00000176. The van der Waals surface area contributed by atoms with Crippen LogP contribution >= 0.6 is 23.7 Å². The van der Waals surface area contributed by atoms with Crippen LogP contribution in [0.15, 0.2) is 16.8 Å². The van der Waals surface area contributed by atoms with E-state index in [-0.39, 0.29) is 42.7 Å². The van der Waals surface area contributed by atoms with Gasteiger partial charge in [0.15, 0.2) is 0 Å². The van der Waals surface area contributed by atoms with Gasteiger partial charge in [0, 0.05) is 13.1 Å². The molecule has 0 aromatic carbocycles. The van der Waals surface area contributed by atoms with Crippen LogP contribution in [-0.2, 0) is 14.3 Å². The van der Waals surface area contributed by atoms with Gasteiger partial charge >= 0.3 is 0 Å². The molecule has 2 aliphatic heterocycles. The number of ether oxygens (including phenoxy) is 2. The van der Waals surface area contributed by atoms with E-state index in [1.54, 1.807) is 11.3 Å². The molecule has 0 aliphatic carbocycles. The summed E-state index contributed by atoms with van der Waals surface area (Å²) in [4.78, 5) is 14.5. The number of hydrogen-bond donors (Lipinski definition) is 1. The molecule has 0 spiro atoms. The second-order valence-corrected chi connectivity index (χ2v) is 6.58. The summed E-state index contributed by atoms with van der Waals surface area (Å²) in [6.45, 7) is 3.73. The molecular weight excluding hydrogens is 324 g/mol. The third-order valence-electron chi connectivity index (χ3n) is 4.13. The highest BCUT2D eigenvalue weighted by Crippen LogP contribution is 2.29. The third-order valence-corrected chi connectivity index (χ3v) is 4.83. The molecule has 2 fully saturated rings. The van der Waals surface area contributed by atoms with Crippen molar-refractivity contribution in [1.29, 1.82) is 0 Å². The number of morpholine rings is 1. The maximum Gasteiger partial charge on any atom is 0.251 e. The monoisotopic (exact) mass is 346 g/mol. The Morgan fingerprint density at radius 3 is 2.86 bits per heavy atom. The maximum absolute atomic E-state index is 12.6. The van der Waals surface area contributed by atoms with Crippen LogP contribution in [0.4, 0.5) is 0 Å². The largest absolute Gasteiger partial charge is 0.367 e. The number of amides is 1. The minimum Gasteiger partial charge on any atom is -0.367 e. The van der Waals surface area contributed by atoms with Crippen molar-refractivity contribution >= 4 is 29.7 Å². The first-order valence-electron chi connectivity index (χ1n) is 7.49. The molecule has 1 amide bonds. The lowest BCUT2D eigenvalue weighted by Gasteiger charge is -2.37. The van der Waals surface area contributed by atoms with Gasteiger partial charge in [-0.3, -0.25) is 4.79 Å². The Bertz CT molecular complexity index is 485. The molecular formula is C15H23ClN2O3S. The van der Waals surface area contributed by atoms with Crippen molar-refractivity contribution in [2.45, 2.75) is 44.2 Å². The van der Waals surface area contributed by atoms with Gasteiger partial charge in [-0.15, -0.1) is 12.4 Å². The first kappa shape index (κ1) is 17.7. The van der Waals surface area contributed by atoms with Gasteiger partial charge in [-0.25, -0.2) is 0 Å². The molecule has 124 valence electrons. The first-order valence-corrected chi connectivity index (χ1v) is 8.43. The summed E-state index contributed by atoms with van der Waals surface area (Å²) in [6, 6.07) is 2.06. The summed E-state index contributed by atoms with van der Waals surface area (Å²) in [5.41, 5.74) is 6.76. The Morgan fingerprint density at radius 2 is 2.23 bits per heavy atom. The maximum atomic E-state index is 12.6. The number of thiophene rings is 1. The average Bonchev–Trinajstić information content (AvgIpc) is 3.17. The lowest BCUT2D eigenvalue weighted by atomic mass is 10.1. The fourth-order valence-electron chi connectivity index (χ4n) is 3.04. The molecule has 0 bridgehead atoms. The molecule has 3 heterocycles. The Kier molecular flexibility index (Phi) is 6.23. The van der Waals surface area contributed by atoms with E-state index in [0.717, 1.165) is 18.4 Å². The quantitative estimate of drug-likeness (QED) is 0.908. The second kappa shape index (κ2) is 7.75. The van der Waals surface area contributed by atoms with Gasteiger partial charge in [-0.2, -0.15) is 11.3 Å². The van der Waals surface area contributed by atoms with Gasteiger partial charge in [0.05, 0.1) is 18.8 Å². The van der Waals surface area contributed by atoms with Crippen LogP contribution < -0.4 is 5.73 Å². The van der Waals surface area contributed by atoms with Crippen LogP contribution in [0.1, 0.15) is 31.4 Å². The summed E-state index contributed by atoms with van der Waals surface area (Å²) < 4.78 is 11.7. The van der Waals surface area contributed by atoms with Crippen LogP contribution in [0.25, 0.3) is 0 Å². The molecule has 2 aliphatic rings. The fraction of sp³-hybridized carbons (Fsp3) is 0.667. The summed E-state index contributed by atoms with van der Waals surface area (Å²) >= 11 is 1.65. The van der Waals surface area contributed by atoms with Crippen LogP contribution in [-0.4, -0.2) is 48.8 Å². The molecule has 1 aromatic rings. The van der Waals surface area contributed by atoms with Crippen molar-refractivity contribution < 1.29 is 14.3 Å². The highest BCUT2D eigenvalue weighted by molar-refractivity contribution is 7.07. The Labute approximate surface area is 141 Å². The van der Waals surface area contributed by atoms with Gasteiger partial charge in [0.2, 0.25) is 0 Å². The van der Waals surface area contributed by atoms with E-state index in [2.05, 4.69) is 11.4 Å². The van der Waals surface area contributed by atoms with E-state index >= 15 is 0 Å². The fourth-order valence-corrected chi connectivity index (χ4v) is 3.74. The number of nitrogens with zero attached hydrogens (tertiary/aromatic N) is 1. The number of rotatable bonds is 3. The van der Waals surface area contributed by atoms with Crippen molar-refractivity contribution in [3.8, 4) is 0 Å². The number of hydrogen-bond acceptors (Lipinski definition) is 5. The molecule has 2 N–H and O–H groups in total. The molecule has 2 saturated heterocycles. The van der Waals surface area contributed by atoms with E-state index in [1.807, 2.05) is 17.2 Å². The average molecular weight is 347 g/mol. The number of carbonyl (C=O) groups is 1. The predicted molar refractivity (Wildman–Crippen MR) is 88.4 cm³/mol. The summed E-state index contributed by atoms with van der Waals surface area (Å²) in [5, 5.41) is 4.12. The molecule has 3 rings (SSSR count). The number of halogens is 1. The smallest absolute Gasteiger partial charge is 0.251 e. The lowest BCUT2D eigenvalue weighted by molar-refractivity contribution is -0.155. The van der Waals surface area contributed by atoms with Gasteiger partial charge in [0.1, 0.15) is 12.2 Å². The third kappa shape index (κ3) is 3.81. The minimum atomic E-state index is -0.327. The predicted octanol–water partition coefficient (Wildman–Crippen LogP) is 1.96. The van der Waals surface area contributed by atoms with Crippen LogP contribution in [0.5, 0.6) is 0 Å². The van der Waals surface area contributed by atoms with Crippen molar-refractivity contribution in [1.82, 2.24) is 4.90 Å². The van der Waals surface area contributed by atoms with Crippen molar-refractivity contribution in [3.63, 3.8) is 0 Å². The van der Waals surface area contributed by atoms with Crippen molar-refractivity contribution in [2.24, 2.45) is 5.73 Å². The van der Waals surface area contributed by atoms with Crippen molar-refractivity contribution in [3.05, 3.63) is 22.4 Å².